The van der Waals surface area contributed by atoms with Crippen LogP contribution in [0.2, 0.25) is 0 Å². The van der Waals surface area contributed by atoms with Crippen molar-refractivity contribution >= 4 is 5.91 Å². The Morgan fingerprint density at radius 3 is 2.71 bits per heavy atom. The van der Waals surface area contributed by atoms with Crippen LogP contribution in [-0.4, -0.2) is 68.1 Å². The Bertz CT molecular complexity index is 269. The van der Waals surface area contributed by atoms with E-state index in [2.05, 4.69) is 29.2 Å². The third-order valence-electron chi connectivity index (χ3n) is 3.85. The van der Waals surface area contributed by atoms with Crippen LogP contribution in [0.1, 0.15) is 19.8 Å². The number of hydrogen-bond acceptors (Lipinski definition) is 4. The van der Waals surface area contributed by atoms with Crippen molar-refractivity contribution < 1.29 is 4.79 Å². The highest BCUT2D eigenvalue weighted by Crippen LogP contribution is 2.16. The van der Waals surface area contributed by atoms with Gasteiger partial charge in [0.15, 0.2) is 0 Å². The molecule has 3 N–H and O–H groups in total. The minimum absolute atomic E-state index is 0.285. The first-order valence-corrected chi connectivity index (χ1v) is 6.26. The number of carbonyl (C=O) groups excluding carboxylic acids is 1. The second-order valence-corrected chi connectivity index (χ2v) is 5.44. The van der Waals surface area contributed by atoms with Gasteiger partial charge in [0, 0.05) is 19.1 Å². The Morgan fingerprint density at radius 2 is 2.24 bits per heavy atom. The van der Waals surface area contributed by atoms with E-state index < -0.39 is 5.54 Å². The molecule has 1 fully saturated rings. The molecule has 1 heterocycles. The fourth-order valence-electron chi connectivity index (χ4n) is 2.32. The normalized spacial score (nSPS) is 25.8. The summed E-state index contributed by atoms with van der Waals surface area (Å²) in [6.07, 6.45) is 2.41. The van der Waals surface area contributed by atoms with Crippen LogP contribution in [0.25, 0.3) is 0 Å². The minimum Gasteiger partial charge on any atom is -0.368 e. The largest absolute Gasteiger partial charge is 0.368 e. The third-order valence-corrected chi connectivity index (χ3v) is 3.85. The van der Waals surface area contributed by atoms with Gasteiger partial charge in [0.1, 0.15) is 5.54 Å². The molecule has 2 atom stereocenters. The highest BCUT2D eigenvalue weighted by Gasteiger charge is 2.33. The van der Waals surface area contributed by atoms with Crippen molar-refractivity contribution in [2.24, 2.45) is 5.73 Å². The van der Waals surface area contributed by atoms with E-state index in [-0.39, 0.29) is 5.91 Å². The van der Waals surface area contributed by atoms with Gasteiger partial charge in [0.05, 0.1) is 0 Å². The quantitative estimate of drug-likeness (QED) is 0.681. The highest BCUT2D eigenvalue weighted by atomic mass is 16.1. The number of primary amides is 1. The van der Waals surface area contributed by atoms with Crippen LogP contribution in [0.5, 0.6) is 0 Å². The fourth-order valence-corrected chi connectivity index (χ4v) is 2.32. The van der Waals surface area contributed by atoms with Crippen molar-refractivity contribution in [1.29, 1.82) is 0 Å². The van der Waals surface area contributed by atoms with Crippen molar-refractivity contribution in [2.45, 2.75) is 31.3 Å². The van der Waals surface area contributed by atoms with E-state index >= 15 is 0 Å². The molecule has 0 aliphatic carbocycles. The number of piperidine rings is 1. The van der Waals surface area contributed by atoms with Crippen LogP contribution < -0.4 is 11.1 Å². The lowest BCUT2D eigenvalue weighted by Gasteiger charge is -2.40. The van der Waals surface area contributed by atoms with Gasteiger partial charge < -0.3 is 16.0 Å². The van der Waals surface area contributed by atoms with Crippen LogP contribution in [0.15, 0.2) is 0 Å². The van der Waals surface area contributed by atoms with Gasteiger partial charge in [-0.1, -0.05) is 0 Å². The standard InChI is InChI=1S/C12H26N4O/c1-12(14-2,11(13)17)9-16-7-5-6-10(8-16)15(3)4/h10,14H,5-9H2,1-4H3,(H2,13,17). The summed E-state index contributed by atoms with van der Waals surface area (Å²) in [5.41, 5.74) is 4.82. The summed E-state index contributed by atoms with van der Waals surface area (Å²) in [6.45, 7) is 4.62. The summed E-state index contributed by atoms with van der Waals surface area (Å²) in [7, 11) is 6.01. The molecule has 100 valence electrons. The minimum atomic E-state index is -0.631. The number of carbonyl (C=O) groups is 1. The fraction of sp³-hybridized carbons (Fsp3) is 0.917. The van der Waals surface area contributed by atoms with E-state index in [1.165, 1.54) is 12.8 Å². The molecule has 1 saturated heterocycles. The molecule has 0 saturated carbocycles. The number of amides is 1. The topological polar surface area (TPSA) is 61.6 Å². The Kier molecular flexibility index (Phi) is 4.91. The van der Waals surface area contributed by atoms with E-state index in [9.17, 15) is 4.79 Å². The Labute approximate surface area is 104 Å². The van der Waals surface area contributed by atoms with Gasteiger partial charge in [-0.15, -0.1) is 0 Å². The zero-order chi connectivity index (χ0) is 13.1. The molecule has 0 aromatic carbocycles. The van der Waals surface area contributed by atoms with E-state index in [1.807, 2.05) is 6.92 Å². The summed E-state index contributed by atoms with van der Waals surface area (Å²) in [6, 6.07) is 0.581. The Hall–Kier alpha value is -0.650. The zero-order valence-corrected chi connectivity index (χ0v) is 11.5. The average molecular weight is 242 g/mol. The van der Waals surface area contributed by atoms with Crippen LogP contribution in [0.3, 0.4) is 0 Å². The molecule has 1 aliphatic rings. The number of hydrogen-bond donors (Lipinski definition) is 2. The lowest BCUT2D eigenvalue weighted by atomic mass is 9.98. The monoisotopic (exact) mass is 242 g/mol. The molecule has 1 rings (SSSR count). The van der Waals surface area contributed by atoms with E-state index in [4.69, 9.17) is 5.73 Å². The molecular formula is C12H26N4O. The maximum absolute atomic E-state index is 11.5. The number of rotatable bonds is 5. The van der Waals surface area contributed by atoms with Crippen molar-refractivity contribution in [2.75, 3.05) is 40.8 Å². The second kappa shape index (κ2) is 5.80. The molecule has 2 unspecified atom stereocenters. The lowest BCUT2D eigenvalue weighted by molar-refractivity contribution is -0.124. The van der Waals surface area contributed by atoms with Gasteiger partial charge in [-0.25, -0.2) is 0 Å². The summed E-state index contributed by atoms with van der Waals surface area (Å²) in [5, 5.41) is 3.04. The number of likely N-dealkylation sites (N-methyl/N-ethyl adjacent to an activating group) is 2. The molecule has 5 nitrogen and oxygen atoms in total. The average Bonchev–Trinajstić information content (AvgIpc) is 2.29. The van der Waals surface area contributed by atoms with E-state index in [0.717, 1.165) is 13.1 Å². The van der Waals surface area contributed by atoms with Crippen molar-refractivity contribution in [3.8, 4) is 0 Å². The summed E-state index contributed by atoms with van der Waals surface area (Å²) in [5.74, 6) is -0.285. The van der Waals surface area contributed by atoms with Crippen LogP contribution in [-0.2, 0) is 4.79 Å². The van der Waals surface area contributed by atoms with E-state index in [1.54, 1.807) is 7.05 Å². The van der Waals surface area contributed by atoms with Crippen molar-refractivity contribution in [3.63, 3.8) is 0 Å². The molecule has 0 aromatic heterocycles. The number of likely N-dealkylation sites (tertiary alicyclic amines) is 1. The lowest BCUT2D eigenvalue weighted by Crippen LogP contribution is -2.60. The molecule has 1 aliphatic heterocycles. The summed E-state index contributed by atoms with van der Waals surface area (Å²) < 4.78 is 0. The highest BCUT2D eigenvalue weighted by molar-refractivity contribution is 5.84. The predicted molar refractivity (Wildman–Crippen MR) is 69.8 cm³/mol. The van der Waals surface area contributed by atoms with Gasteiger partial charge in [-0.2, -0.15) is 0 Å². The Balaban J connectivity index is 2.59. The Morgan fingerprint density at radius 1 is 1.59 bits per heavy atom. The van der Waals surface area contributed by atoms with Gasteiger partial charge in [-0.3, -0.25) is 9.69 Å². The second-order valence-electron chi connectivity index (χ2n) is 5.44. The third kappa shape index (κ3) is 3.66. The zero-order valence-electron chi connectivity index (χ0n) is 11.5. The molecule has 1 amide bonds. The van der Waals surface area contributed by atoms with Gasteiger partial charge in [0.25, 0.3) is 0 Å². The van der Waals surface area contributed by atoms with Gasteiger partial charge >= 0.3 is 0 Å². The number of nitrogens with two attached hydrogens (primary N) is 1. The maximum Gasteiger partial charge on any atom is 0.238 e. The molecule has 17 heavy (non-hydrogen) atoms. The van der Waals surface area contributed by atoms with Gasteiger partial charge in [-0.05, 0) is 47.5 Å². The molecule has 0 radical (unpaired) electrons. The molecular weight excluding hydrogens is 216 g/mol. The first kappa shape index (κ1) is 14.4. The van der Waals surface area contributed by atoms with Crippen LogP contribution in [0.4, 0.5) is 0 Å². The van der Waals surface area contributed by atoms with Crippen molar-refractivity contribution in [3.05, 3.63) is 0 Å². The van der Waals surface area contributed by atoms with E-state index in [0.29, 0.717) is 12.6 Å². The molecule has 0 bridgehead atoms. The van der Waals surface area contributed by atoms with Gasteiger partial charge in [0.2, 0.25) is 5.91 Å². The molecule has 0 spiro atoms. The SMILES string of the molecule is CNC(C)(CN1CCCC(N(C)C)C1)C(N)=O. The number of nitrogens with one attached hydrogen (secondary N) is 1. The molecule has 0 aromatic rings. The van der Waals surface area contributed by atoms with Crippen molar-refractivity contribution in [1.82, 2.24) is 15.1 Å². The smallest absolute Gasteiger partial charge is 0.238 e. The molecule has 5 heteroatoms. The number of nitrogens with zero attached hydrogens (tertiary/aromatic N) is 2. The first-order chi connectivity index (χ1) is 7.89. The van der Waals surface area contributed by atoms with Crippen LogP contribution in [0, 0.1) is 0 Å². The summed E-state index contributed by atoms with van der Waals surface area (Å²) in [4.78, 5) is 16.0. The first-order valence-electron chi connectivity index (χ1n) is 6.26. The van der Waals surface area contributed by atoms with Crippen LogP contribution >= 0.6 is 0 Å². The summed E-state index contributed by atoms with van der Waals surface area (Å²) >= 11 is 0. The maximum atomic E-state index is 11.5. The predicted octanol–water partition coefficient (Wildman–Crippen LogP) is -0.524.